The number of carboxylic acids is 1. The van der Waals surface area contributed by atoms with Crippen LogP contribution in [0.15, 0.2) is 28.9 Å². The number of carboxylic acid groups (broad SMARTS) is 1. The summed E-state index contributed by atoms with van der Waals surface area (Å²) in [5, 5.41) is 9.08. The summed E-state index contributed by atoms with van der Waals surface area (Å²) in [6, 6.07) is 4.64. The number of rotatable bonds is 4. The molecule has 1 aromatic carbocycles. The summed E-state index contributed by atoms with van der Waals surface area (Å²) in [5.74, 6) is -2.79. The van der Waals surface area contributed by atoms with Crippen molar-refractivity contribution in [3.05, 3.63) is 34.4 Å². The highest BCUT2D eigenvalue weighted by Crippen LogP contribution is 2.28. The lowest BCUT2D eigenvalue weighted by Crippen LogP contribution is -2.13. The van der Waals surface area contributed by atoms with Crippen molar-refractivity contribution in [2.45, 2.75) is 19.1 Å². The number of aliphatic carboxylic acids is 1. The van der Waals surface area contributed by atoms with Crippen LogP contribution in [0.1, 0.15) is 16.8 Å². The van der Waals surface area contributed by atoms with E-state index in [0.29, 0.717) is 15.4 Å². The van der Waals surface area contributed by atoms with Crippen LogP contribution in [-0.2, 0) is 11.3 Å². The van der Waals surface area contributed by atoms with E-state index >= 15 is 0 Å². The van der Waals surface area contributed by atoms with Crippen LogP contribution in [0.4, 0.5) is 13.2 Å². The summed E-state index contributed by atoms with van der Waals surface area (Å²) < 4.78 is 38.9. The van der Waals surface area contributed by atoms with E-state index in [1.165, 1.54) is 10.6 Å². The van der Waals surface area contributed by atoms with Crippen LogP contribution >= 0.6 is 15.9 Å². The summed E-state index contributed by atoms with van der Waals surface area (Å²) in [6.45, 7) is -0.386. The minimum atomic E-state index is -4.33. The molecule has 0 amide bonds. The van der Waals surface area contributed by atoms with Gasteiger partial charge in [0.25, 0.3) is 5.78 Å². The molecule has 0 saturated heterocycles. The molecule has 0 unspecified atom stereocenters. The second-order valence-corrected chi connectivity index (χ2v) is 5.31. The third kappa shape index (κ3) is 3.44. The smallest absolute Gasteiger partial charge is 0.390 e. The first kappa shape index (κ1) is 15.6. The molecule has 1 N–H and O–H groups in total. The molecule has 2 rings (SSSR count). The number of alkyl halides is 3. The Morgan fingerprint density at radius 2 is 1.95 bits per heavy atom. The zero-order valence-electron chi connectivity index (χ0n) is 10.4. The van der Waals surface area contributed by atoms with Gasteiger partial charge in [-0.2, -0.15) is 13.2 Å². The largest absolute Gasteiger partial charge is 0.475 e. The van der Waals surface area contributed by atoms with Crippen LogP contribution < -0.4 is 0 Å². The van der Waals surface area contributed by atoms with Crippen LogP contribution in [-0.4, -0.2) is 27.6 Å². The molecule has 0 radical (unpaired) electrons. The first-order valence-corrected chi connectivity index (χ1v) is 6.61. The summed E-state index contributed by atoms with van der Waals surface area (Å²) in [6.07, 6.45) is -4.25. The molecule has 0 aliphatic rings. The predicted octanol–water partition coefficient (Wildman–Crippen LogP) is 3.62. The number of halogens is 4. The van der Waals surface area contributed by atoms with Gasteiger partial charge in [0.1, 0.15) is 0 Å². The number of carbonyl (C=O) groups is 2. The molecule has 1 heterocycles. The molecular weight excluding hydrogens is 355 g/mol. The minimum absolute atomic E-state index is 0.118. The van der Waals surface area contributed by atoms with Crippen molar-refractivity contribution in [3.63, 3.8) is 0 Å². The van der Waals surface area contributed by atoms with Crippen LogP contribution in [0, 0.1) is 0 Å². The number of hydrogen-bond donors (Lipinski definition) is 1. The van der Waals surface area contributed by atoms with Crippen molar-refractivity contribution in [1.82, 2.24) is 4.57 Å². The fourth-order valence-electron chi connectivity index (χ4n) is 1.99. The molecule has 0 atom stereocenters. The fourth-order valence-corrected chi connectivity index (χ4v) is 2.34. The van der Waals surface area contributed by atoms with Crippen molar-refractivity contribution in [3.8, 4) is 0 Å². The van der Waals surface area contributed by atoms with Gasteiger partial charge in [0.05, 0.1) is 12.0 Å². The Balaban J connectivity index is 2.52. The van der Waals surface area contributed by atoms with Gasteiger partial charge in [-0.05, 0) is 12.1 Å². The number of aryl methyl sites for hydroxylation is 1. The average molecular weight is 364 g/mol. The van der Waals surface area contributed by atoms with Gasteiger partial charge in [-0.3, -0.25) is 4.79 Å². The quantitative estimate of drug-likeness (QED) is 0.666. The zero-order valence-corrected chi connectivity index (χ0v) is 12.0. The molecule has 8 heteroatoms. The molecule has 2 aromatic rings. The molecule has 0 fully saturated rings. The predicted molar refractivity (Wildman–Crippen MR) is 72.3 cm³/mol. The molecule has 4 nitrogen and oxygen atoms in total. The van der Waals surface area contributed by atoms with Gasteiger partial charge in [-0.1, -0.05) is 22.0 Å². The average Bonchev–Trinajstić information content (AvgIpc) is 2.72. The van der Waals surface area contributed by atoms with Crippen LogP contribution in [0.2, 0.25) is 0 Å². The van der Waals surface area contributed by atoms with E-state index in [0.717, 1.165) is 6.20 Å². The normalized spacial score (nSPS) is 11.8. The summed E-state index contributed by atoms with van der Waals surface area (Å²) >= 11 is 3.20. The topological polar surface area (TPSA) is 59.3 Å². The number of nitrogens with zero attached hydrogens (tertiary/aromatic N) is 1. The number of benzene rings is 1. The highest BCUT2D eigenvalue weighted by atomic mass is 79.9. The van der Waals surface area contributed by atoms with Crippen LogP contribution in [0.5, 0.6) is 0 Å². The summed E-state index contributed by atoms with van der Waals surface area (Å²) in [7, 11) is 0. The molecule has 112 valence electrons. The maximum Gasteiger partial charge on any atom is 0.390 e. The standard InChI is InChI=1S/C13H9BrF3NO3/c14-7-1-2-8-9(11(19)12(20)21)6-18(10(8)5-7)4-3-13(15,16)17/h1-2,5-6H,3-4H2,(H,20,21). The first-order valence-electron chi connectivity index (χ1n) is 5.82. The Labute approximate surface area is 125 Å². The number of hydrogen-bond acceptors (Lipinski definition) is 2. The van der Waals surface area contributed by atoms with Crippen LogP contribution in [0.3, 0.4) is 0 Å². The number of Topliss-reactive ketones (excluding diaryl/α,β-unsaturated/α-hetero) is 1. The Bertz CT molecular complexity index is 721. The second kappa shape index (κ2) is 5.51. The maximum absolute atomic E-state index is 12.3. The molecule has 0 saturated carbocycles. The first-order chi connectivity index (χ1) is 9.69. The van der Waals surface area contributed by atoms with Gasteiger partial charge < -0.3 is 9.67 Å². The van der Waals surface area contributed by atoms with Gasteiger partial charge >= 0.3 is 12.1 Å². The maximum atomic E-state index is 12.3. The lowest BCUT2D eigenvalue weighted by molar-refractivity contribution is -0.136. The van der Waals surface area contributed by atoms with E-state index in [-0.39, 0.29) is 12.1 Å². The van der Waals surface area contributed by atoms with Crippen LogP contribution in [0.25, 0.3) is 10.9 Å². The SMILES string of the molecule is O=C(O)C(=O)c1cn(CCC(F)(F)F)c2cc(Br)ccc12. The molecular formula is C13H9BrF3NO3. The molecule has 1 aromatic heterocycles. The Morgan fingerprint density at radius 1 is 1.29 bits per heavy atom. The van der Waals surface area contributed by atoms with Gasteiger partial charge in [0, 0.05) is 28.1 Å². The summed E-state index contributed by atoms with van der Waals surface area (Å²) in [4.78, 5) is 22.4. The molecule has 0 aliphatic heterocycles. The summed E-state index contributed by atoms with van der Waals surface area (Å²) in [5.41, 5.74) is 0.255. The highest BCUT2D eigenvalue weighted by molar-refractivity contribution is 9.10. The van der Waals surface area contributed by atoms with E-state index in [2.05, 4.69) is 15.9 Å². The van der Waals surface area contributed by atoms with Crippen molar-refractivity contribution >= 4 is 38.6 Å². The monoisotopic (exact) mass is 363 g/mol. The van der Waals surface area contributed by atoms with Gasteiger partial charge in [-0.15, -0.1) is 0 Å². The van der Waals surface area contributed by atoms with E-state index in [1.807, 2.05) is 0 Å². The van der Waals surface area contributed by atoms with Gasteiger partial charge in [0.2, 0.25) is 0 Å². The number of carbonyl (C=O) groups excluding carboxylic acids is 1. The van der Waals surface area contributed by atoms with Crippen molar-refractivity contribution in [1.29, 1.82) is 0 Å². The Kier molecular flexibility index (Phi) is 4.08. The number of ketones is 1. The second-order valence-electron chi connectivity index (χ2n) is 4.40. The number of fused-ring (bicyclic) bond motifs is 1. The van der Waals surface area contributed by atoms with Gasteiger partial charge in [-0.25, -0.2) is 4.79 Å². The third-order valence-electron chi connectivity index (χ3n) is 2.92. The van der Waals surface area contributed by atoms with Gasteiger partial charge in [0.15, 0.2) is 0 Å². The molecule has 21 heavy (non-hydrogen) atoms. The zero-order chi connectivity index (χ0) is 15.8. The van der Waals surface area contributed by atoms with E-state index in [9.17, 15) is 22.8 Å². The van der Waals surface area contributed by atoms with E-state index < -0.39 is 24.3 Å². The third-order valence-corrected chi connectivity index (χ3v) is 3.41. The number of aromatic nitrogens is 1. The minimum Gasteiger partial charge on any atom is -0.475 e. The van der Waals surface area contributed by atoms with Crippen molar-refractivity contribution < 1.29 is 27.9 Å². The van der Waals surface area contributed by atoms with E-state index in [4.69, 9.17) is 5.11 Å². The fraction of sp³-hybridized carbons (Fsp3) is 0.231. The lowest BCUT2D eigenvalue weighted by Gasteiger charge is -2.08. The lowest BCUT2D eigenvalue weighted by atomic mass is 10.1. The van der Waals surface area contributed by atoms with Crippen molar-refractivity contribution in [2.24, 2.45) is 0 Å². The molecule has 0 spiro atoms. The Hall–Kier alpha value is -1.83. The highest BCUT2D eigenvalue weighted by Gasteiger charge is 2.28. The molecule has 0 bridgehead atoms. The Morgan fingerprint density at radius 3 is 2.52 bits per heavy atom. The van der Waals surface area contributed by atoms with E-state index in [1.54, 1.807) is 12.1 Å². The van der Waals surface area contributed by atoms with Crippen molar-refractivity contribution in [2.75, 3.05) is 0 Å². The molecule has 0 aliphatic carbocycles.